The summed E-state index contributed by atoms with van der Waals surface area (Å²) in [5, 5.41) is 19.1. The minimum atomic E-state index is -0.291. The van der Waals surface area contributed by atoms with Crippen molar-refractivity contribution in [1.29, 1.82) is 0 Å². The number of nitrogens with one attached hydrogen (secondary N) is 1. The van der Waals surface area contributed by atoms with Crippen molar-refractivity contribution in [1.82, 2.24) is 20.0 Å². The third-order valence-electron chi connectivity index (χ3n) is 8.05. The van der Waals surface area contributed by atoms with E-state index in [1.165, 1.54) is 11.1 Å². The van der Waals surface area contributed by atoms with Gasteiger partial charge in [-0.3, -0.25) is 9.48 Å². The van der Waals surface area contributed by atoms with Gasteiger partial charge in [-0.15, -0.1) is 0 Å². The van der Waals surface area contributed by atoms with E-state index in [2.05, 4.69) is 72.4 Å². The molecule has 1 atom stereocenters. The molecule has 0 spiro atoms. The van der Waals surface area contributed by atoms with Crippen molar-refractivity contribution in [3.63, 3.8) is 0 Å². The molecule has 0 fully saturated rings. The summed E-state index contributed by atoms with van der Waals surface area (Å²) in [6, 6.07) is 33.7. The molecule has 0 saturated heterocycles. The quantitative estimate of drug-likeness (QED) is 0.174. The van der Waals surface area contributed by atoms with Gasteiger partial charge in [0.1, 0.15) is 11.8 Å². The monoisotopic (exact) mass is 572 g/mol. The van der Waals surface area contributed by atoms with Crippen molar-refractivity contribution in [3.8, 4) is 16.9 Å². The Morgan fingerprint density at radius 3 is 2.23 bits per heavy atom. The molecule has 5 aromatic rings. The first kappa shape index (κ1) is 29.8. The molecular formula is C37H40N4O2. The standard InChI is InChI=1S/C37H40N4O2/c1-5-40(6-2)37(43)30-21-19-29(20-22-30)36(31-16-12-17-33(42)23-31)41-27(4)35(26(3)39-41)34-18-11-10-15-32(34)25-38-24-28-13-8-7-9-14-28/h7-23,36,38,42H,5-6,24-25H2,1-4H3. The number of benzene rings is 4. The first-order chi connectivity index (χ1) is 20.9. The van der Waals surface area contributed by atoms with Crippen molar-refractivity contribution in [2.75, 3.05) is 13.1 Å². The van der Waals surface area contributed by atoms with Gasteiger partial charge < -0.3 is 15.3 Å². The molecule has 1 amide bonds. The molecule has 0 saturated carbocycles. The average molecular weight is 573 g/mol. The highest BCUT2D eigenvalue weighted by molar-refractivity contribution is 5.94. The Morgan fingerprint density at radius 2 is 1.53 bits per heavy atom. The highest BCUT2D eigenvalue weighted by Crippen LogP contribution is 2.36. The average Bonchev–Trinajstić information content (AvgIpc) is 3.31. The summed E-state index contributed by atoms with van der Waals surface area (Å²) in [5.41, 5.74) is 9.24. The van der Waals surface area contributed by atoms with E-state index in [4.69, 9.17) is 5.10 Å². The summed E-state index contributed by atoms with van der Waals surface area (Å²) in [6.07, 6.45) is 0. The number of carbonyl (C=O) groups excluding carboxylic acids is 1. The molecule has 1 heterocycles. The van der Waals surface area contributed by atoms with Crippen LogP contribution in [0.2, 0.25) is 0 Å². The van der Waals surface area contributed by atoms with Crippen LogP contribution >= 0.6 is 0 Å². The number of aromatic nitrogens is 2. The maximum Gasteiger partial charge on any atom is 0.253 e. The van der Waals surface area contributed by atoms with Crippen molar-refractivity contribution >= 4 is 5.91 Å². The second-order valence-corrected chi connectivity index (χ2v) is 10.8. The van der Waals surface area contributed by atoms with Gasteiger partial charge in [0.25, 0.3) is 5.91 Å². The van der Waals surface area contributed by atoms with Gasteiger partial charge in [0, 0.05) is 43.0 Å². The number of phenolic OH excluding ortho intramolecular Hbond substituents is 1. The van der Waals surface area contributed by atoms with Gasteiger partial charge in [0.05, 0.1) is 5.69 Å². The summed E-state index contributed by atoms with van der Waals surface area (Å²) < 4.78 is 2.05. The Balaban J connectivity index is 1.52. The Bertz CT molecular complexity index is 1670. The molecule has 43 heavy (non-hydrogen) atoms. The molecule has 220 valence electrons. The minimum absolute atomic E-state index is 0.0244. The highest BCUT2D eigenvalue weighted by Gasteiger charge is 2.25. The van der Waals surface area contributed by atoms with E-state index in [1.54, 1.807) is 12.1 Å². The topological polar surface area (TPSA) is 70.4 Å². The molecule has 5 rings (SSSR count). The lowest BCUT2D eigenvalue weighted by Gasteiger charge is -2.22. The van der Waals surface area contributed by atoms with Gasteiger partial charge in [-0.1, -0.05) is 78.9 Å². The van der Waals surface area contributed by atoms with Gasteiger partial charge in [-0.05, 0) is 79.8 Å². The smallest absolute Gasteiger partial charge is 0.253 e. The molecule has 0 aliphatic rings. The molecule has 0 aliphatic heterocycles. The number of aromatic hydroxyl groups is 1. The van der Waals surface area contributed by atoms with Crippen LogP contribution in [-0.2, 0) is 13.1 Å². The molecule has 0 radical (unpaired) electrons. The van der Waals surface area contributed by atoms with Crippen LogP contribution < -0.4 is 5.32 Å². The fourth-order valence-electron chi connectivity index (χ4n) is 5.83. The molecule has 1 aromatic heterocycles. The van der Waals surface area contributed by atoms with Crippen LogP contribution in [0, 0.1) is 13.8 Å². The van der Waals surface area contributed by atoms with E-state index < -0.39 is 0 Å². The highest BCUT2D eigenvalue weighted by atomic mass is 16.3. The van der Waals surface area contributed by atoms with Crippen molar-refractivity contribution in [2.24, 2.45) is 0 Å². The first-order valence-electron chi connectivity index (χ1n) is 15.0. The molecule has 0 aliphatic carbocycles. The van der Waals surface area contributed by atoms with Gasteiger partial charge in [-0.25, -0.2) is 0 Å². The number of rotatable bonds is 11. The van der Waals surface area contributed by atoms with Crippen molar-refractivity contribution in [3.05, 3.63) is 142 Å². The van der Waals surface area contributed by atoms with Crippen molar-refractivity contribution < 1.29 is 9.90 Å². The summed E-state index contributed by atoms with van der Waals surface area (Å²) in [6.45, 7) is 11.0. The Morgan fingerprint density at radius 1 is 0.837 bits per heavy atom. The number of carbonyl (C=O) groups is 1. The molecule has 2 N–H and O–H groups in total. The maximum absolute atomic E-state index is 13.0. The van der Waals surface area contributed by atoms with E-state index in [-0.39, 0.29) is 17.7 Å². The lowest BCUT2D eigenvalue weighted by Crippen LogP contribution is -2.30. The summed E-state index contributed by atoms with van der Waals surface area (Å²) >= 11 is 0. The second kappa shape index (κ2) is 13.5. The van der Waals surface area contributed by atoms with Gasteiger partial charge >= 0.3 is 0 Å². The van der Waals surface area contributed by atoms with E-state index in [1.807, 2.05) is 61.2 Å². The zero-order valence-electron chi connectivity index (χ0n) is 25.4. The Labute approximate surface area is 254 Å². The van der Waals surface area contributed by atoms with Crippen LogP contribution in [0.1, 0.15) is 63.9 Å². The zero-order valence-corrected chi connectivity index (χ0v) is 25.4. The maximum atomic E-state index is 13.0. The fraction of sp³-hybridized carbons (Fsp3) is 0.243. The third kappa shape index (κ3) is 6.55. The number of nitrogens with zero attached hydrogens (tertiary/aromatic N) is 3. The summed E-state index contributed by atoms with van der Waals surface area (Å²) in [4.78, 5) is 14.8. The number of hydrogen-bond acceptors (Lipinski definition) is 4. The van der Waals surface area contributed by atoms with Gasteiger partial charge in [0.15, 0.2) is 0 Å². The number of phenols is 1. The predicted octanol–water partition coefficient (Wildman–Crippen LogP) is 7.28. The van der Waals surface area contributed by atoms with Crippen LogP contribution in [0.3, 0.4) is 0 Å². The normalized spacial score (nSPS) is 11.8. The van der Waals surface area contributed by atoms with Gasteiger partial charge in [0.2, 0.25) is 0 Å². The van der Waals surface area contributed by atoms with Crippen LogP contribution in [-0.4, -0.2) is 38.8 Å². The minimum Gasteiger partial charge on any atom is -0.508 e. The molecule has 6 nitrogen and oxygen atoms in total. The number of amides is 1. The fourth-order valence-corrected chi connectivity index (χ4v) is 5.83. The van der Waals surface area contributed by atoms with Crippen LogP contribution in [0.5, 0.6) is 5.75 Å². The van der Waals surface area contributed by atoms with Crippen LogP contribution in [0.15, 0.2) is 103 Å². The van der Waals surface area contributed by atoms with Gasteiger partial charge in [-0.2, -0.15) is 5.10 Å². The zero-order chi connectivity index (χ0) is 30.3. The molecule has 0 bridgehead atoms. The molecular weight excluding hydrogens is 532 g/mol. The largest absolute Gasteiger partial charge is 0.508 e. The lowest BCUT2D eigenvalue weighted by atomic mass is 9.95. The van der Waals surface area contributed by atoms with E-state index in [0.717, 1.165) is 46.7 Å². The number of hydrogen-bond donors (Lipinski definition) is 2. The molecule has 1 unspecified atom stereocenters. The number of aryl methyl sites for hydroxylation is 1. The van der Waals surface area contributed by atoms with Crippen LogP contribution in [0.25, 0.3) is 11.1 Å². The Kier molecular flexibility index (Phi) is 9.38. The van der Waals surface area contributed by atoms with Crippen LogP contribution in [0.4, 0.5) is 0 Å². The summed E-state index contributed by atoms with van der Waals surface area (Å²) in [5.74, 6) is 0.226. The van der Waals surface area contributed by atoms with E-state index >= 15 is 0 Å². The molecule has 4 aromatic carbocycles. The Hall–Kier alpha value is -4.68. The lowest BCUT2D eigenvalue weighted by molar-refractivity contribution is 0.0773. The summed E-state index contributed by atoms with van der Waals surface area (Å²) in [7, 11) is 0. The van der Waals surface area contributed by atoms with E-state index in [9.17, 15) is 9.90 Å². The third-order valence-corrected chi connectivity index (χ3v) is 8.05. The SMILES string of the molecule is CCN(CC)C(=O)c1ccc(C(c2cccc(O)c2)n2nc(C)c(-c3ccccc3CNCc3ccccc3)c2C)cc1. The first-order valence-corrected chi connectivity index (χ1v) is 15.0. The molecule has 6 heteroatoms. The predicted molar refractivity (Wildman–Crippen MR) is 173 cm³/mol. The second-order valence-electron chi connectivity index (χ2n) is 10.8. The van der Waals surface area contributed by atoms with E-state index in [0.29, 0.717) is 18.7 Å². The van der Waals surface area contributed by atoms with Crippen molar-refractivity contribution in [2.45, 2.75) is 46.8 Å².